The maximum absolute atomic E-state index is 9.72. The lowest BCUT2D eigenvalue weighted by molar-refractivity contribution is 0.0757. The molecule has 0 radical (unpaired) electrons. The van der Waals surface area contributed by atoms with E-state index in [0.717, 1.165) is 39.1 Å². The lowest BCUT2D eigenvalue weighted by atomic mass is 9.79. The summed E-state index contributed by atoms with van der Waals surface area (Å²) in [5.74, 6) is 0.948. The standard InChI is InChI=1S/C22H28N2O/c1-17-21-9-8-20(25)15-19(21)7-10-22(17)24-13-11-23(12-14-24)16-18-5-3-2-4-6-18/h2-6,8-9,15,17,22,25H,7,10-14,16H2,1H3. The smallest absolute Gasteiger partial charge is 0.115 e. The predicted octanol–water partition coefficient (Wildman–Crippen LogP) is 3.63. The zero-order chi connectivity index (χ0) is 17.2. The van der Waals surface area contributed by atoms with Crippen LogP contribution >= 0.6 is 0 Å². The second kappa shape index (κ2) is 7.19. The van der Waals surface area contributed by atoms with Crippen LogP contribution in [0.3, 0.4) is 0 Å². The van der Waals surface area contributed by atoms with Gasteiger partial charge < -0.3 is 5.11 Å². The van der Waals surface area contributed by atoms with Crippen LogP contribution in [-0.4, -0.2) is 47.1 Å². The second-order valence-electron chi connectivity index (χ2n) is 7.58. The van der Waals surface area contributed by atoms with Gasteiger partial charge in [-0.1, -0.05) is 43.3 Å². The number of piperazine rings is 1. The summed E-state index contributed by atoms with van der Waals surface area (Å²) in [5, 5.41) is 9.72. The van der Waals surface area contributed by atoms with Crippen molar-refractivity contribution in [2.75, 3.05) is 26.2 Å². The van der Waals surface area contributed by atoms with Crippen molar-refractivity contribution in [1.82, 2.24) is 9.80 Å². The van der Waals surface area contributed by atoms with E-state index in [1.165, 1.54) is 23.1 Å². The van der Waals surface area contributed by atoms with E-state index in [1.807, 2.05) is 12.1 Å². The molecule has 0 aromatic heterocycles. The molecule has 3 nitrogen and oxygen atoms in total. The van der Waals surface area contributed by atoms with E-state index in [0.29, 0.717) is 17.7 Å². The third kappa shape index (κ3) is 3.58. The van der Waals surface area contributed by atoms with E-state index < -0.39 is 0 Å². The zero-order valence-corrected chi connectivity index (χ0v) is 15.1. The molecule has 2 aromatic carbocycles. The van der Waals surface area contributed by atoms with Gasteiger partial charge in [-0.15, -0.1) is 0 Å². The molecule has 2 aromatic rings. The summed E-state index contributed by atoms with van der Waals surface area (Å²) < 4.78 is 0. The van der Waals surface area contributed by atoms with E-state index in [-0.39, 0.29) is 0 Å². The molecule has 0 bridgehead atoms. The van der Waals surface area contributed by atoms with E-state index in [1.54, 1.807) is 0 Å². The Bertz CT molecular complexity index is 707. The molecule has 1 fully saturated rings. The third-order valence-corrected chi connectivity index (χ3v) is 6.03. The molecule has 1 heterocycles. The summed E-state index contributed by atoms with van der Waals surface area (Å²) >= 11 is 0. The van der Waals surface area contributed by atoms with Gasteiger partial charge in [0.05, 0.1) is 0 Å². The Labute approximate surface area is 150 Å². The largest absolute Gasteiger partial charge is 0.508 e. The van der Waals surface area contributed by atoms with Gasteiger partial charge in [0.25, 0.3) is 0 Å². The zero-order valence-electron chi connectivity index (χ0n) is 15.1. The third-order valence-electron chi connectivity index (χ3n) is 6.03. The fourth-order valence-electron chi connectivity index (χ4n) is 4.61. The lowest BCUT2D eigenvalue weighted by Crippen LogP contribution is -2.52. The van der Waals surface area contributed by atoms with Crippen LogP contribution in [0, 0.1) is 0 Å². The lowest BCUT2D eigenvalue weighted by Gasteiger charge is -2.44. The van der Waals surface area contributed by atoms with E-state index in [4.69, 9.17) is 0 Å². The average Bonchev–Trinajstić information content (AvgIpc) is 2.64. The minimum Gasteiger partial charge on any atom is -0.508 e. The second-order valence-corrected chi connectivity index (χ2v) is 7.58. The number of nitrogens with zero attached hydrogens (tertiary/aromatic N) is 2. The van der Waals surface area contributed by atoms with Gasteiger partial charge in [0, 0.05) is 38.8 Å². The monoisotopic (exact) mass is 336 g/mol. The maximum Gasteiger partial charge on any atom is 0.115 e. The number of rotatable bonds is 3. The topological polar surface area (TPSA) is 26.7 Å². The highest BCUT2D eigenvalue weighted by Gasteiger charge is 2.32. The number of hydrogen-bond donors (Lipinski definition) is 1. The number of aromatic hydroxyl groups is 1. The molecule has 1 aliphatic heterocycles. The highest BCUT2D eigenvalue weighted by Crippen LogP contribution is 2.36. The normalized spacial score (nSPS) is 24.8. The number of phenols is 1. The minimum absolute atomic E-state index is 0.402. The van der Waals surface area contributed by atoms with Crippen LogP contribution in [0.4, 0.5) is 0 Å². The number of phenolic OH excluding ortho intramolecular Hbond substituents is 1. The molecule has 132 valence electrons. The molecule has 1 aliphatic carbocycles. The molecule has 0 spiro atoms. The Morgan fingerprint density at radius 3 is 2.52 bits per heavy atom. The summed E-state index contributed by atoms with van der Waals surface area (Å²) in [5.41, 5.74) is 4.18. The van der Waals surface area contributed by atoms with Crippen LogP contribution < -0.4 is 0 Å². The van der Waals surface area contributed by atoms with Crippen molar-refractivity contribution in [3.63, 3.8) is 0 Å². The highest BCUT2D eigenvalue weighted by molar-refractivity contribution is 5.39. The van der Waals surface area contributed by atoms with Crippen LogP contribution in [0.25, 0.3) is 0 Å². The van der Waals surface area contributed by atoms with Crippen molar-refractivity contribution < 1.29 is 5.11 Å². The van der Waals surface area contributed by atoms with Gasteiger partial charge in [-0.2, -0.15) is 0 Å². The van der Waals surface area contributed by atoms with Gasteiger partial charge in [0.2, 0.25) is 0 Å². The van der Waals surface area contributed by atoms with Gasteiger partial charge in [0.1, 0.15) is 5.75 Å². The first-order valence-corrected chi connectivity index (χ1v) is 9.53. The molecule has 25 heavy (non-hydrogen) atoms. The van der Waals surface area contributed by atoms with Crippen molar-refractivity contribution >= 4 is 0 Å². The number of hydrogen-bond acceptors (Lipinski definition) is 3. The summed E-state index contributed by atoms with van der Waals surface area (Å²) in [6.45, 7) is 8.05. The van der Waals surface area contributed by atoms with Crippen molar-refractivity contribution in [3.8, 4) is 5.75 Å². The molecule has 0 saturated carbocycles. The van der Waals surface area contributed by atoms with Gasteiger partial charge in [-0.25, -0.2) is 0 Å². The van der Waals surface area contributed by atoms with Gasteiger partial charge in [-0.05, 0) is 47.6 Å². The first kappa shape index (κ1) is 16.6. The molecular formula is C22H28N2O. The van der Waals surface area contributed by atoms with Crippen LogP contribution in [0.5, 0.6) is 5.75 Å². The predicted molar refractivity (Wildman–Crippen MR) is 102 cm³/mol. The molecule has 0 amide bonds. The van der Waals surface area contributed by atoms with Crippen LogP contribution in [-0.2, 0) is 13.0 Å². The Hall–Kier alpha value is -1.84. The Morgan fingerprint density at radius 1 is 1.00 bits per heavy atom. The molecule has 3 heteroatoms. The molecule has 1 saturated heterocycles. The molecule has 2 unspecified atom stereocenters. The van der Waals surface area contributed by atoms with Crippen molar-refractivity contribution in [3.05, 3.63) is 65.2 Å². The first-order chi connectivity index (χ1) is 12.2. The van der Waals surface area contributed by atoms with Crippen molar-refractivity contribution in [2.24, 2.45) is 0 Å². The highest BCUT2D eigenvalue weighted by atomic mass is 16.3. The van der Waals surface area contributed by atoms with Gasteiger partial charge in [0.15, 0.2) is 0 Å². The average molecular weight is 336 g/mol. The Kier molecular flexibility index (Phi) is 4.78. The first-order valence-electron chi connectivity index (χ1n) is 9.53. The molecule has 4 rings (SSSR count). The number of benzene rings is 2. The Balaban J connectivity index is 1.37. The van der Waals surface area contributed by atoms with E-state index >= 15 is 0 Å². The quantitative estimate of drug-likeness (QED) is 0.927. The maximum atomic E-state index is 9.72. The van der Waals surface area contributed by atoms with Crippen LogP contribution in [0.1, 0.15) is 36.0 Å². The number of aryl methyl sites for hydroxylation is 1. The minimum atomic E-state index is 0.402. The van der Waals surface area contributed by atoms with Crippen LogP contribution in [0.2, 0.25) is 0 Å². The van der Waals surface area contributed by atoms with Crippen molar-refractivity contribution in [2.45, 2.75) is 38.3 Å². The van der Waals surface area contributed by atoms with Crippen molar-refractivity contribution in [1.29, 1.82) is 0 Å². The summed E-state index contributed by atoms with van der Waals surface area (Å²) in [6, 6.07) is 17.4. The SMILES string of the molecule is CC1c2ccc(O)cc2CCC1N1CCN(Cc2ccccc2)CC1. The molecule has 2 atom stereocenters. The van der Waals surface area contributed by atoms with Gasteiger partial charge >= 0.3 is 0 Å². The van der Waals surface area contributed by atoms with E-state index in [9.17, 15) is 5.11 Å². The Morgan fingerprint density at radius 2 is 1.76 bits per heavy atom. The fraction of sp³-hybridized carbons (Fsp3) is 0.455. The summed E-state index contributed by atoms with van der Waals surface area (Å²) in [7, 11) is 0. The molecule has 2 aliphatic rings. The summed E-state index contributed by atoms with van der Waals surface area (Å²) in [6.07, 6.45) is 2.29. The fourth-order valence-corrected chi connectivity index (χ4v) is 4.61. The summed E-state index contributed by atoms with van der Waals surface area (Å²) in [4.78, 5) is 5.27. The molecular weight excluding hydrogens is 308 g/mol. The molecule has 1 N–H and O–H groups in total. The number of fused-ring (bicyclic) bond motifs is 1. The van der Waals surface area contributed by atoms with Crippen LogP contribution in [0.15, 0.2) is 48.5 Å². The van der Waals surface area contributed by atoms with Gasteiger partial charge in [-0.3, -0.25) is 9.80 Å². The van der Waals surface area contributed by atoms with E-state index in [2.05, 4.69) is 53.1 Å².